The average molecular weight is 380 g/mol. The first-order valence-corrected chi connectivity index (χ1v) is 9.04. The number of benzene rings is 2. The molecule has 0 bridgehead atoms. The Morgan fingerprint density at radius 2 is 1.63 bits per heavy atom. The van der Waals surface area contributed by atoms with E-state index >= 15 is 0 Å². The van der Waals surface area contributed by atoms with Crippen LogP contribution in [0.25, 0.3) is 0 Å². The van der Waals surface area contributed by atoms with Gasteiger partial charge in [-0.1, -0.05) is 70.2 Å². The van der Waals surface area contributed by atoms with Crippen LogP contribution in [0, 0.1) is 0 Å². The molecule has 2 atom stereocenters. The van der Waals surface area contributed by atoms with Gasteiger partial charge in [0.1, 0.15) is 18.5 Å². The fourth-order valence-electron chi connectivity index (χ4n) is 2.86. The maximum absolute atomic E-state index is 12.8. The highest BCUT2D eigenvalue weighted by atomic mass is 19.4. The Morgan fingerprint density at radius 3 is 2.19 bits per heavy atom. The monoisotopic (exact) mass is 380 g/mol. The van der Waals surface area contributed by atoms with Gasteiger partial charge in [-0.2, -0.15) is 13.2 Å². The minimum atomic E-state index is -4.62. The molecule has 0 saturated carbocycles. The summed E-state index contributed by atoms with van der Waals surface area (Å²) in [6, 6.07) is 15.2. The molecule has 0 aliphatic rings. The Kier molecular flexibility index (Phi) is 6.58. The van der Waals surface area contributed by atoms with Crippen molar-refractivity contribution >= 4 is 0 Å². The van der Waals surface area contributed by atoms with E-state index < -0.39 is 24.6 Å². The van der Waals surface area contributed by atoms with E-state index in [1.807, 2.05) is 69.3 Å². The standard InChI is InChI=1S/C22H27F3O2/c1-15(12-20(26)22(23,24)25)18-13-17(21(2,3)4)10-11-19(18)27-14-16-8-6-5-7-9-16/h5-11,13,15,20,26H,12,14H2,1-4H3. The normalized spacial score (nSPS) is 14.7. The second kappa shape index (κ2) is 8.34. The van der Waals surface area contributed by atoms with Gasteiger partial charge in [0, 0.05) is 0 Å². The maximum Gasteiger partial charge on any atom is 0.414 e. The van der Waals surface area contributed by atoms with Gasteiger partial charge in [0.25, 0.3) is 0 Å². The first-order chi connectivity index (χ1) is 12.5. The molecule has 0 aromatic heterocycles. The zero-order chi connectivity index (χ0) is 20.2. The number of aliphatic hydroxyl groups is 1. The van der Waals surface area contributed by atoms with Crippen LogP contribution in [0.3, 0.4) is 0 Å². The molecule has 27 heavy (non-hydrogen) atoms. The first-order valence-electron chi connectivity index (χ1n) is 9.04. The lowest BCUT2D eigenvalue weighted by Gasteiger charge is -2.25. The van der Waals surface area contributed by atoms with E-state index in [1.165, 1.54) is 0 Å². The lowest BCUT2D eigenvalue weighted by atomic mass is 9.83. The van der Waals surface area contributed by atoms with E-state index in [4.69, 9.17) is 4.74 Å². The Hall–Kier alpha value is -2.01. The van der Waals surface area contributed by atoms with Crippen LogP contribution in [-0.2, 0) is 12.0 Å². The predicted octanol–water partition coefficient (Wildman–Crippen LogP) is 5.98. The van der Waals surface area contributed by atoms with Gasteiger partial charge in [0.2, 0.25) is 0 Å². The lowest BCUT2D eigenvalue weighted by molar-refractivity contribution is -0.206. The molecule has 2 rings (SSSR count). The minimum absolute atomic E-state index is 0.144. The van der Waals surface area contributed by atoms with E-state index in [2.05, 4.69) is 0 Å². The van der Waals surface area contributed by atoms with Gasteiger partial charge in [-0.05, 0) is 40.5 Å². The van der Waals surface area contributed by atoms with Crippen LogP contribution in [-0.4, -0.2) is 17.4 Å². The maximum atomic E-state index is 12.8. The molecule has 5 heteroatoms. The van der Waals surface area contributed by atoms with Crippen molar-refractivity contribution in [3.63, 3.8) is 0 Å². The van der Waals surface area contributed by atoms with Crippen LogP contribution in [0.4, 0.5) is 13.2 Å². The van der Waals surface area contributed by atoms with Gasteiger partial charge in [0.15, 0.2) is 0 Å². The second-order valence-corrected chi connectivity index (χ2v) is 7.97. The molecule has 0 spiro atoms. The molecule has 148 valence electrons. The van der Waals surface area contributed by atoms with Gasteiger partial charge in [0.05, 0.1) is 0 Å². The predicted molar refractivity (Wildman–Crippen MR) is 101 cm³/mol. The van der Waals surface area contributed by atoms with Gasteiger partial charge in [-0.15, -0.1) is 0 Å². The summed E-state index contributed by atoms with van der Waals surface area (Å²) in [4.78, 5) is 0. The Morgan fingerprint density at radius 1 is 1.00 bits per heavy atom. The molecule has 2 nitrogen and oxygen atoms in total. The van der Waals surface area contributed by atoms with Gasteiger partial charge in [-0.3, -0.25) is 0 Å². The SMILES string of the molecule is CC(CC(O)C(F)(F)F)c1cc(C(C)(C)C)ccc1OCc1ccccc1. The van der Waals surface area contributed by atoms with E-state index in [1.54, 1.807) is 6.92 Å². The quantitative estimate of drug-likeness (QED) is 0.668. The van der Waals surface area contributed by atoms with E-state index in [-0.39, 0.29) is 5.41 Å². The molecule has 0 heterocycles. The summed E-state index contributed by atoms with van der Waals surface area (Å²) in [5.41, 5.74) is 2.53. The van der Waals surface area contributed by atoms with Crippen molar-refractivity contribution in [2.24, 2.45) is 0 Å². The number of aliphatic hydroxyl groups excluding tert-OH is 1. The summed E-state index contributed by atoms with van der Waals surface area (Å²) in [6.45, 7) is 8.16. The molecule has 0 amide bonds. The van der Waals surface area contributed by atoms with Gasteiger partial charge < -0.3 is 9.84 Å². The molecule has 0 aliphatic heterocycles. The zero-order valence-electron chi connectivity index (χ0n) is 16.2. The minimum Gasteiger partial charge on any atom is -0.489 e. The van der Waals surface area contributed by atoms with Crippen molar-refractivity contribution in [1.29, 1.82) is 0 Å². The third kappa shape index (κ3) is 5.99. The highest BCUT2D eigenvalue weighted by Crippen LogP contribution is 2.36. The van der Waals surface area contributed by atoms with Crippen molar-refractivity contribution in [2.45, 2.75) is 64.3 Å². The van der Waals surface area contributed by atoms with Gasteiger partial charge >= 0.3 is 6.18 Å². The number of rotatable bonds is 6. The number of hydrogen-bond donors (Lipinski definition) is 1. The van der Waals surface area contributed by atoms with Crippen LogP contribution < -0.4 is 4.74 Å². The van der Waals surface area contributed by atoms with Crippen molar-refractivity contribution in [3.05, 3.63) is 65.2 Å². The summed E-state index contributed by atoms with van der Waals surface area (Å²) in [7, 11) is 0. The molecule has 1 N–H and O–H groups in total. The smallest absolute Gasteiger partial charge is 0.414 e. The summed E-state index contributed by atoms with van der Waals surface area (Å²) >= 11 is 0. The van der Waals surface area contributed by atoms with Crippen LogP contribution in [0.1, 0.15) is 56.7 Å². The fourth-order valence-corrected chi connectivity index (χ4v) is 2.86. The number of alkyl halides is 3. The molecule has 2 unspecified atom stereocenters. The van der Waals surface area contributed by atoms with Gasteiger partial charge in [-0.25, -0.2) is 0 Å². The summed E-state index contributed by atoms with van der Waals surface area (Å²) < 4.78 is 44.3. The van der Waals surface area contributed by atoms with Crippen LogP contribution in [0.15, 0.2) is 48.5 Å². The third-order valence-electron chi connectivity index (χ3n) is 4.60. The molecule has 0 radical (unpaired) electrons. The topological polar surface area (TPSA) is 29.5 Å². The van der Waals surface area contributed by atoms with E-state index in [0.29, 0.717) is 17.9 Å². The second-order valence-electron chi connectivity index (χ2n) is 7.97. The van der Waals surface area contributed by atoms with E-state index in [9.17, 15) is 18.3 Å². The number of halogens is 3. The Balaban J connectivity index is 2.29. The van der Waals surface area contributed by atoms with Crippen molar-refractivity contribution in [2.75, 3.05) is 0 Å². The van der Waals surface area contributed by atoms with Crippen LogP contribution >= 0.6 is 0 Å². The Labute approximate surface area is 159 Å². The largest absolute Gasteiger partial charge is 0.489 e. The summed E-state index contributed by atoms with van der Waals surface area (Å²) in [5, 5.41) is 9.48. The van der Waals surface area contributed by atoms with Crippen molar-refractivity contribution < 1.29 is 23.0 Å². The average Bonchev–Trinajstić information content (AvgIpc) is 2.59. The number of hydrogen-bond acceptors (Lipinski definition) is 2. The fraction of sp³-hybridized carbons (Fsp3) is 0.455. The van der Waals surface area contributed by atoms with E-state index in [0.717, 1.165) is 11.1 Å². The van der Waals surface area contributed by atoms with Crippen molar-refractivity contribution in [1.82, 2.24) is 0 Å². The zero-order valence-corrected chi connectivity index (χ0v) is 16.2. The van der Waals surface area contributed by atoms with Crippen molar-refractivity contribution in [3.8, 4) is 5.75 Å². The molecule has 0 fully saturated rings. The Bertz CT molecular complexity index is 733. The molecule has 2 aromatic rings. The molecule has 0 aliphatic carbocycles. The van der Waals surface area contributed by atoms with Crippen LogP contribution in [0.2, 0.25) is 0 Å². The molecular weight excluding hydrogens is 353 g/mol. The highest BCUT2D eigenvalue weighted by Gasteiger charge is 2.39. The number of ether oxygens (including phenoxy) is 1. The highest BCUT2D eigenvalue weighted by molar-refractivity contribution is 5.42. The first kappa shape index (κ1) is 21.3. The molecular formula is C22H27F3O2. The summed E-state index contributed by atoms with van der Waals surface area (Å²) in [6.07, 6.45) is -7.38. The molecule has 0 saturated heterocycles. The molecule has 2 aromatic carbocycles. The van der Waals surface area contributed by atoms with Crippen LogP contribution in [0.5, 0.6) is 5.75 Å². The lowest BCUT2D eigenvalue weighted by Crippen LogP contribution is -2.29. The third-order valence-corrected chi connectivity index (χ3v) is 4.60. The summed E-state index contributed by atoms with van der Waals surface area (Å²) in [5.74, 6) is 0.0448.